The van der Waals surface area contributed by atoms with Crippen LogP contribution in [0.5, 0.6) is 0 Å². The van der Waals surface area contributed by atoms with Gasteiger partial charge in [0.1, 0.15) is 0 Å². The number of likely N-dealkylation sites (N-methyl/N-ethyl adjacent to an activating group) is 1. The summed E-state index contributed by atoms with van der Waals surface area (Å²) in [6, 6.07) is 4.75. The second kappa shape index (κ2) is 6.23. The molecule has 0 saturated carbocycles. The molecule has 1 aliphatic rings. The van der Waals surface area contributed by atoms with Crippen molar-refractivity contribution in [2.24, 2.45) is 0 Å². The summed E-state index contributed by atoms with van der Waals surface area (Å²) in [5.41, 5.74) is 1.37. The first-order chi connectivity index (χ1) is 7.92. The fourth-order valence-electron chi connectivity index (χ4n) is 2.13. The van der Waals surface area contributed by atoms with E-state index in [1.54, 1.807) is 0 Å². The molecular weight excluding hydrogens is 218 g/mol. The molecule has 0 spiro atoms. The molecule has 88 valence electrons. The van der Waals surface area contributed by atoms with Gasteiger partial charge < -0.3 is 5.32 Å². The summed E-state index contributed by atoms with van der Waals surface area (Å²) < 4.78 is 0. The number of nitrogens with zero attached hydrogens (tertiary/aromatic N) is 2. The molecule has 1 aromatic rings. The fourth-order valence-corrected chi connectivity index (χ4v) is 3.06. The normalized spacial score (nSPS) is 19.6. The van der Waals surface area contributed by atoms with E-state index in [-0.39, 0.29) is 0 Å². The highest BCUT2D eigenvalue weighted by atomic mass is 32.2. The van der Waals surface area contributed by atoms with Gasteiger partial charge in [0.2, 0.25) is 0 Å². The molecule has 0 radical (unpaired) electrons. The molecule has 0 amide bonds. The molecule has 0 aliphatic carbocycles. The molecule has 16 heavy (non-hydrogen) atoms. The lowest BCUT2D eigenvalue weighted by Crippen LogP contribution is -2.40. The number of hydrogen-bond donors (Lipinski definition) is 1. The Kier molecular flexibility index (Phi) is 4.63. The molecule has 1 N–H and O–H groups in total. The van der Waals surface area contributed by atoms with Crippen LogP contribution in [0.3, 0.4) is 0 Å². The fraction of sp³-hybridized carbons (Fsp3) is 0.583. The first-order valence-electron chi connectivity index (χ1n) is 5.78. The number of aromatic nitrogens is 1. The molecule has 0 bridgehead atoms. The Morgan fingerprint density at radius 3 is 2.69 bits per heavy atom. The van der Waals surface area contributed by atoms with Gasteiger partial charge in [-0.1, -0.05) is 0 Å². The highest BCUT2D eigenvalue weighted by molar-refractivity contribution is 7.99. The van der Waals surface area contributed by atoms with Gasteiger partial charge in [-0.25, -0.2) is 0 Å². The van der Waals surface area contributed by atoms with E-state index >= 15 is 0 Å². The van der Waals surface area contributed by atoms with Gasteiger partial charge in [0.05, 0.1) is 0 Å². The third-order valence-electron chi connectivity index (χ3n) is 2.97. The number of nitrogens with one attached hydrogen (secondary N) is 1. The maximum absolute atomic E-state index is 4.09. The van der Waals surface area contributed by atoms with Gasteiger partial charge in [-0.15, -0.1) is 0 Å². The van der Waals surface area contributed by atoms with E-state index in [0.717, 1.165) is 6.54 Å². The van der Waals surface area contributed by atoms with Crippen LogP contribution in [0.2, 0.25) is 0 Å². The van der Waals surface area contributed by atoms with Crippen molar-refractivity contribution in [1.29, 1.82) is 0 Å². The monoisotopic (exact) mass is 237 g/mol. The minimum absolute atomic E-state index is 0.494. The molecule has 1 aliphatic heterocycles. The van der Waals surface area contributed by atoms with Crippen LogP contribution in [-0.4, -0.2) is 48.1 Å². The second-order valence-corrected chi connectivity index (χ2v) is 5.23. The minimum Gasteiger partial charge on any atom is -0.318 e. The van der Waals surface area contributed by atoms with E-state index in [1.807, 2.05) is 19.4 Å². The van der Waals surface area contributed by atoms with Crippen LogP contribution in [0.4, 0.5) is 0 Å². The second-order valence-electron chi connectivity index (χ2n) is 4.00. The molecule has 1 atom stereocenters. The predicted molar refractivity (Wildman–Crippen MR) is 69.8 cm³/mol. The first kappa shape index (κ1) is 11.9. The van der Waals surface area contributed by atoms with Crippen molar-refractivity contribution in [1.82, 2.24) is 15.2 Å². The minimum atomic E-state index is 0.494. The van der Waals surface area contributed by atoms with E-state index in [0.29, 0.717) is 6.04 Å². The largest absolute Gasteiger partial charge is 0.318 e. The summed E-state index contributed by atoms with van der Waals surface area (Å²) in [5, 5.41) is 3.29. The van der Waals surface area contributed by atoms with Crippen LogP contribution >= 0.6 is 11.8 Å². The van der Waals surface area contributed by atoms with Crippen LogP contribution in [0, 0.1) is 0 Å². The zero-order valence-corrected chi connectivity index (χ0v) is 10.5. The van der Waals surface area contributed by atoms with E-state index in [2.05, 4.69) is 39.1 Å². The van der Waals surface area contributed by atoms with Crippen LogP contribution in [0.1, 0.15) is 11.6 Å². The molecule has 2 heterocycles. The Balaban J connectivity index is 2.09. The van der Waals surface area contributed by atoms with Crippen molar-refractivity contribution < 1.29 is 0 Å². The average molecular weight is 237 g/mol. The quantitative estimate of drug-likeness (QED) is 0.856. The third kappa shape index (κ3) is 2.97. The summed E-state index contributed by atoms with van der Waals surface area (Å²) in [6.07, 6.45) is 3.77. The maximum atomic E-state index is 4.09. The lowest BCUT2D eigenvalue weighted by Gasteiger charge is -2.34. The lowest BCUT2D eigenvalue weighted by atomic mass is 10.1. The summed E-state index contributed by atoms with van der Waals surface area (Å²) in [4.78, 5) is 6.66. The molecule has 1 fully saturated rings. The number of thioether (sulfide) groups is 1. The number of hydrogen-bond acceptors (Lipinski definition) is 4. The Hall–Kier alpha value is -0.580. The molecule has 3 nitrogen and oxygen atoms in total. The summed E-state index contributed by atoms with van der Waals surface area (Å²) in [7, 11) is 2.02. The van der Waals surface area contributed by atoms with Crippen molar-refractivity contribution in [3.63, 3.8) is 0 Å². The topological polar surface area (TPSA) is 28.2 Å². The zero-order chi connectivity index (χ0) is 11.2. The molecule has 1 unspecified atom stereocenters. The Morgan fingerprint density at radius 1 is 1.38 bits per heavy atom. The van der Waals surface area contributed by atoms with Gasteiger partial charge in [0, 0.05) is 49.6 Å². The molecule has 1 aromatic heterocycles. The van der Waals surface area contributed by atoms with E-state index in [9.17, 15) is 0 Å². The maximum Gasteiger partial charge on any atom is 0.0474 e. The molecule has 1 saturated heterocycles. The molecule has 0 aromatic carbocycles. The van der Waals surface area contributed by atoms with Gasteiger partial charge in [0.15, 0.2) is 0 Å². The number of pyridine rings is 1. The van der Waals surface area contributed by atoms with Gasteiger partial charge >= 0.3 is 0 Å². The average Bonchev–Trinajstić information content (AvgIpc) is 2.38. The highest BCUT2D eigenvalue weighted by Crippen LogP contribution is 2.22. The van der Waals surface area contributed by atoms with Crippen molar-refractivity contribution >= 4 is 11.8 Å². The van der Waals surface area contributed by atoms with Crippen LogP contribution < -0.4 is 5.32 Å². The Morgan fingerprint density at radius 2 is 2.06 bits per heavy atom. The number of rotatable bonds is 4. The van der Waals surface area contributed by atoms with Crippen LogP contribution in [-0.2, 0) is 0 Å². The van der Waals surface area contributed by atoms with Crippen molar-refractivity contribution in [3.8, 4) is 0 Å². The summed E-state index contributed by atoms with van der Waals surface area (Å²) in [6.45, 7) is 3.40. The van der Waals surface area contributed by atoms with Gasteiger partial charge in [-0.05, 0) is 24.7 Å². The summed E-state index contributed by atoms with van der Waals surface area (Å²) >= 11 is 2.05. The van der Waals surface area contributed by atoms with Gasteiger partial charge in [-0.3, -0.25) is 9.88 Å². The molecular formula is C12H19N3S. The predicted octanol–water partition coefficient (Wildman–Crippen LogP) is 1.39. The standard InChI is InChI=1S/C12H19N3S/c1-13-10-12(11-2-4-14-5-3-11)15-6-8-16-9-7-15/h2-5,12-13H,6-10H2,1H3. The van der Waals surface area contributed by atoms with Crippen molar-refractivity contribution in [3.05, 3.63) is 30.1 Å². The highest BCUT2D eigenvalue weighted by Gasteiger charge is 2.21. The van der Waals surface area contributed by atoms with E-state index < -0.39 is 0 Å². The molecule has 2 rings (SSSR count). The van der Waals surface area contributed by atoms with Crippen LogP contribution in [0.25, 0.3) is 0 Å². The third-order valence-corrected chi connectivity index (χ3v) is 3.92. The Labute approximate surface area is 102 Å². The van der Waals surface area contributed by atoms with Gasteiger partial charge in [-0.2, -0.15) is 11.8 Å². The van der Waals surface area contributed by atoms with Gasteiger partial charge in [0.25, 0.3) is 0 Å². The SMILES string of the molecule is CNCC(c1ccncc1)N1CCSCC1. The van der Waals surface area contributed by atoms with Crippen LogP contribution in [0.15, 0.2) is 24.5 Å². The smallest absolute Gasteiger partial charge is 0.0474 e. The Bertz CT molecular complexity index is 298. The van der Waals surface area contributed by atoms with E-state index in [4.69, 9.17) is 0 Å². The first-order valence-corrected chi connectivity index (χ1v) is 6.93. The molecule has 4 heteroatoms. The van der Waals surface area contributed by atoms with Crippen molar-refractivity contribution in [2.75, 3.05) is 38.2 Å². The zero-order valence-electron chi connectivity index (χ0n) is 9.72. The van der Waals surface area contributed by atoms with E-state index in [1.165, 1.54) is 30.2 Å². The summed E-state index contributed by atoms with van der Waals surface area (Å²) in [5.74, 6) is 2.51. The van der Waals surface area contributed by atoms with Crippen molar-refractivity contribution in [2.45, 2.75) is 6.04 Å². The lowest BCUT2D eigenvalue weighted by molar-refractivity contribution is 0.215.